The van der Waals surface area contributed by atoms with Gasteiger partial charge in [0.25, 0.3) is 0 Å². The van der Waals surface area contributed by atoms with Crippen LogP contribution < -0.4 is 5.73 Å². The maximum absolute atomic E-state index is 13.4. The molecule has 7 heteroatoms. The molecule has 1 aromatic rings. The first kappa shape index (κ1) is 15.8. The lowest BCUT2D eigenvalue weighted by Gasteiger charge is -2.25. The molecule has 0 saturated carbocycles. The van der Waals surface area contributed by atoms with Crippen molar-refractivity contribution in [3.63, 3.8) is 0 Å². The highest BCUT2D eigenvalue weighted by atomic mass is 19.4. The van der Waals surface area contributed by atoms with E-state index < -0.39 is 30.4 Å². The van der Waals surface area contributed by atoms with E-state index in [1.54, 1.807) is 6.92 Å². The van der Waals surface area contributed by atoms with Crippen molar-refractivity contribution in [1.82, 2.24) is 4.90 Å². The average molecular weight is 282 g/mol. The molecular formula is C12H15F5N2. The molecule has 19 heavy (non-hydrogen) atoms. The molecule has 0 fully saturated rings. The number of nitrogens with zero attached hydrogens (tertiary/aromatic N) is 1. The van der Waals surface area contributed by atoms with E-state index in [1.165, 1.54) is 0 Å². The van der Waals surface area contributed by atoms with E-state index in [2.05, 4.69) is 0 Å². The lowest BCUT2D eigenvalue weighted by atomic mass is 10.1. The molecule has 0 saturated heterocycles. The third-order valence-electron chi connectivity index (χ3n) is 2.67. The summed E-state index contributed by atoms with van der Waals surface area (Å²) in [5.41, 5.74) is 5.67. The minimum Gasteiger partial charge on any atom is -0.323 e. The highest BCUT2D eigenvalue weighted by Gasteiger charge is 2.31. The van der Waals surface area contributed by atoms with Gasteiger partial charge in [-0.05, 0) is 12.6 Å². The largest absolute Gasteiger partial charge is 0.401 e. The number of rotatable bonds is 5. The zero-order valence-corrected chi connectivity index (χ0v) is 10.3. The van der Waals surface area contributed by atoms with Gasteiger partial charge >= 0.3 is 6.18 Å². The molecule has 2 N–H and O–H groups in total. The van der Waals surface area contributed by atoms with Crippen molar-refractivity contribution in [2.75, 3.05) is 19.6 Å². The minimum absolute atomic E-state index is 0.00187. The lowest BCUT2D eigenvalue weighted by molar-refractivity contribution is -0.145. The second-order valence-corrected chi connectivity index (χ2v) is 4.22. The van der Waals surface area contributed by atoms with E-state index >= 15 is 0 Å². The van der Waals surface area contributed by atoms with Gasteiger partial charge in [-0.15, -0.1) is 0 Å². The third-order valence-corrected chi connectivity index (χ3v) is 2.67. The van der Waals surface area contributed by atoms with Crippen molar-refractivity contribution >= 4 is 0 Å². The molecule has 1 unspecified atom stereocenters. The molecule has 1 aromatic carbocycles. The smallest absolute Gasteiger partial charge is 0.323 e. The quantitative estimate of drug-likeness (QED) is 0.841. The van der Waals surface area contributed by atoms with Gasteiger partial charge in [0, 0.05) is 24.2 Å². The fourth-order valence-corrected chi connectivity index (χ4v) is 1.74. The third kappa shape index (κ3) is 5.12. The summed E-state index contributed by atoms with van der Waals surface area (Å²) in [5, 5.41) is 0. The van der Waals surface area contributed by atoms with Crippen LogP contribution in [-0.4, -0.2) is 30.7 Å². The van der Waals surface area contributed by atoms with E-state index in [0.29, 0.717) is 6.07 Å². The molecule has 1 rings (SSSR count). The number of hydrogen-bond acceptors (Lipinski definition) is 2. The number of hydrogen-bond donors (Lipinski definition) is 1. The Morgan fingerprint density at radius 3 is 2.37 bits per heavy atom. The van der Waals surface area contributed by atoms with Gasteiger partial charge in [0.05, 0.1) is 6.54 Å². The van der Waals surface area contributed by atoms with E-state index in [4.69, 9.17) is 5.73 Å². The topological polar surface area (TPSA) is 29.3 Å². The summed E-state index contributed by atoms with van der Waals surface area (Å²) in [6.45, 7) is 0.425. The standard InChI is InChI=1S/C12H15F5N2/c1-2-19(7-12(15,16)17)6-11(18)9-4-3-8(13)5-10(9)14/h3-5,11H,2,6-7,18H2,1H3. The first-order chi connectivity index (χ1) is 8.73. The Morgan fingerprint density at radius 2 is 1.89 bits per heavy atom. The van der Waals surface area contributed by atoms with Crippen molar-refractivity contribution in [3.8, 4) is 0 Å². The molecule has 0 heterocycles. The molecule has 0 aromatic heterocycles. The lowest BCUT2D eigenvalue weighted by Crippen LogP contribution is -2.39. The Bertz CT molecular complexity index is 419. The zero-order chi connectivity index (χ0) is 14.6. The normalized spacial score (nSPS) is 13.9. The fraction of sp³-hybridized carbons (Fsp3) is 0.500. The summed E-state index contributed by atoms with van der Waals surface area (Å²) in [4.78, 5) is 1.06. The molecule has 0 amide bonds. The summed E-state index contributed by atoms with van der Waals surface area (Å²) in [6, 6.07) is 1.90. The molecule has 1 atom stereocenters. The summed E-state index contributed by atoms with van der Waals surface area (Å²) in [7, 11) is 0. The molecule has 0 aliphatic heterocycles. The molecule has 2 nitrogen and oxygen atoms in total. The Hall–Kier alpha value is -1.21. The van der Waals surface area contributed by atoms with Gasteiger partial charge in [-0.3, -0.25) is 4.90 Å². The molecule has 0 aliphatic carbocycles. The van der Waals surface area contributed by atoms with Crippen LogP contribution in [0.15, 0.2) is 18.2 Å². The van der Waals surface area contributed by atoms with Gasteiger partial charge in [-0.1, -0.05) is 13.0 Å². The van der Waals surface area contributed by atoms with Gasteiger partial charge in [0.2, 0.25) is 0 Å². The monoisotopic (exact) mass is 282 g/mol. The van der Waals surface area contributed by atoms with Crippen molar-refractivity contribution in [1.29, 1.82) is 0 Å². The number of halogens is 5. The highest BCUT2D eigenvalue weighted by molar-refractivity contribution is 5.22. The van der Waals surface area contributed by atoms with Crippen LogP contribution in [0.3, 0.4) is 0 Å². The van der Waals surface area contributed by atoms with Crippen LogP contribution in [0.5, 0.6) is 0 Å². The van der Waals surface area contributed by atoms with Gasteiger partial charge in [-0.25, -0.2) is 8.78 Å². The van der Waals surface area contributed by atoms with E-state index in [9.17, 15) is 22.0 Å². The second-order valence-electron chi connectivity index (χ2n) is 4.22. The molecule has 108 valence electrons. The number of benzene rings is 1. The Morgan fingerprint density at radius 1 is 1.26 bits per heavy atom. The van der Waals surface area contributed by atoms with Crippen LogP contribution in [-0.2, 0) is 0 Å². The number of likely N-dealkylation sites (N-methyl/N-ethyl adjacent to an activating group) is 1. The maximum Gasteiger partial charge on any atom is 0.401 e. The Balaban J connectivity index is 2.74. The van der Waals surface area contributed by atoms with Crippen molar-refractivity contribution in [3.05, 3.63) is 35.4 Å². The van der Waals surface area contributed by atoms with Gasteiger partial charge in [-0.2, -0.15) is 13.2 Å². The Kier molecular flexibility index (Phi) is 5.25. The summed E-state index contributed by atoms with van der Waals surface area (Å²) in [5.74, 6) is -1.60. The summed E-state index contributed by atoms with van der Waals surface area (Å²) < 4.78 is 63.0. The SMILES string of the molecule is CCN(CC(N)c1ccc(F)cc1F)CC(F)(F)F. The van der Waals surface area contributed by atoms with Gasteiger partial charge in [0.15, 0.2) is 0 Å². The average Bonchev–Trinajstić information content (AvgIpc) is 2.25. The van der Waals surface area contributed by atoms with Crippen LogP contribution in [0.2, 0.25) is 0 Å². The summed E-state index contributed by atoms with van der Waals surface area (Å²) >= 11 is 0. The Labute approximate surface area is 108 Å². The van der Waals surface area contributed by atoms with Crippen molar-refractivity contribution in [2.24, 2.45) is 5.73 Å². The van der Waals surface area contributed by atoms with Crippen LogP contribution in [0, 0.1) is 11.6 Å². The van der Waals surface area contributed by atoms with Crippen LogP contribution >= 0.6 is 0 Å². The molecule has 0 bridgehead atoms. The molecule has 0 radical (unpaired) electrons. The minimum atomic E-state index is -4.34. The summed E-state index contributed by atoms with van der Waals surface area (Å²) in [6.07, 6.45) is -4.34. The molecule has 0 aliphatic rings. The van der Waals surface area contributed by atoms with Crippen LogP contribution in [0.1, 0.15) is 18.5 Å². The van der Waals surface area contributed by atoms with E-state index in [1.807, 2.05) is 0 Å². The van der Waals surface area contributed by atoms with Crippen molar-refractivity contribution < 1.29 is 22.0 Å². The van der Waals surface area contributed by atoms with E-state index in [0.717, 1.165) is 17.0 Å². The first-order valence-corrected chi connectivity index (χ1v) is 5.72. The predicted octanol–water partition coefficient (Wildman–Crippen LogP) is 2.85. The van der Waals surface area contributed by atoms with Crippen LogP contribution in [0.25, 0.3) is 0 Å². The number of nitrogens with two attached hydrogens (primary N) is 1. The molecule has 0 spiro atoms. The van der Waals surface area contributed by atoms with Gasteiger partial charge < -0.3 is 5.73 Å². The number of alkyl halides is 3. The second kappa shape index (κ2) is 6.29. The van der Waals surface area contributed by atoms with E-state index in [-0.39, 0.29) is 18.7 Å². The van der Waals surface area contributed by atoms with Crippen LogP contribution in [0.4, 0.5) is 22.0 Å². The predicted molar refractivity (Wildman–Crippen MR) is 61.5 cm³/mol. The van der Waals surface area contributed by atoms with Crippen molar-refractivity contribution in [2.45, 2.75) is 19.1 Å². The first-order valence-electron chi connectivity index (χ1n) is 5.72. The van der Waals surface area contributed by atoms with Gasteiger partial charge in [0.1, 0.15) is 11.6 Å². The zero-order valence-electron chi connectivity index (χ0n) is 10.3. The maximum atomic E-state index is 13.4. The molecular weight excluding hydrogens is 267 g/mol. The fourth-order valence-electron chi connectivity index (χ4n) is 1.74. The highest BCUT2D eigenvalue weighted by Crippen LogP contribution is 2.20.